The lowest BCUT2D eigenvalue weighted by atomic mass is 10.1. The first-order chi connectivity index (χ1) is 8.50. The van der Waals surface area contributed by atoms with Crippen molar-refractivity contribution in [1.29, 1.82) is 0 Å². The maximum Gasteiger partial charge on any atom is 0.106 e. The van der Waals surface area contributed by atoms with Gasteiger partial charge in [-0.2, -0.15) is 0 Å². The van der Waals surface area contributed by atoms with Crippen molar-refractivity contribution in [2.75, 3.05) is 19.8 Å². The lowest BCUT2D eigenvalue weighted by molar-refractivity contribution is -0.00814. The molecule has 4 heteroatoms. The third kappa shape index (κ3) is 5.48. The van der Waals surface area contributed by atoms with Gasteiger partial charge >= 0.3 is 0 Å². The molecule has 104 valence electrons. The number of nitrogens with two attached hydrogens (primary N) is 1. The van der Waals surface area contributed by atoms with Gasteiger partial charge in [-0.3, -0.25) is 0 Å². The molecule has 0 spiro atoms. The van der Waals surface area contributed by atoms with Crippen molar-refractivity contribution in [3.05, 3.63) is 21.9 Å². The van der Waals surface area contributed by atoms with Gasteiger partial charge in [0.1, 0.15) is 6.10 Å². The van der Waals surface area contributed by atoms with Crippen molar-refractivity contribution in [2.45, 2.75) is 39.8 Å². The van der Waals surface area contributed by atoms with E-state index < -0.39 is 0 Å². The first-order valence-electron chi connectivity index (χ1n) is 6.52. The minimum atomic E-state index is -0.0219. The summed E-state index contributed by atoms with van der Waals surface area (Å²) in [6, 6.07) is 4.20. The lowest BCUT2D eigenvalue weighted by Crippen LogP contribution is -2.27. The number of rotatable bonds is 8. The summed E-state index contributed by atoms with van der Waals surface area (Å²) < 4.78 is 11.3. The predicted molar refractivity (Wildman–Crippen MR) is 77.1 cm³/mol. The van der Waals surface area contributed by atoms with Crippen LogP contribution in [0.25, 0.3) is 0 Å². The summed E-state index contributed by atoms with van der Waals surface area (Å²) in [6.07, 6.45) is -0.0219. The van der Waals surface area contributed by atoms with Crippen molar-refractivity contribution in [1.82, 2.24) is 0 Å². The van der Waals surface area contributed by atoms with Crippen LogP contribution in [0.1, 0.15) is 36.6 Å². The molecule has 0 aromatic carbocycles. The summed E-state index contributed by atoms with van der Waals surface area (Å²) in [5.41, 5.74) is 5.98. The van der Waals surface area contributed by atoms with Gasteiger partial charge in [-0.25, -0.2) is 0 Å². The Labute approximate surface area is 114 Å². The van der Waals surface area contributed by atoms with Gasteiger partial charge in [0.15, 0.2) is 0 Å². The molecule has 1 aromatic heterocycles. The Hall–Kier alpha value is -0.420. The van der Waals surface area contributed by atoms with Gasteiger partial charge < -0.3 is 15.2 Å². The molecule has 0 aliphatic heterocycles. The number of thiophene rings is 1. The Bertz CT molecular complexity index is 336. The molecule has 0 saturated carbocycles. The van der Waals surface area contributed by atoms with Crippen LogP contribution >= 0.6 is 11.3 Å². The standard InChI is InChI=1S/C14H25NO2S/c1-10(2)9-16-7-8-17-14(12(4)15)13-6-5-11(3)18-13/h5-6,10,12,14H,7-9,15H2,1-4H3. The fraction of sp³-hybridized carbons (Fsp3) is 0.714. The molecule has 18 heavy (non-hydrogen) atoms. The van der Waals surface area contributed by atoms with Crippen LogP contribution in [0.2, 0.25) is 0 Å². The van der Waals surface area contributed by atoms with E-state index >= 15 is 0 Å². The van der Waals surface area contributed by atoms with E-state index in [9.17, 15) is 0 Å². The van der Waals surface area contributed by atoms with Gasteiger partial charge in [0.05, 0.1) is 13.2 Å². The molecule has 0 fully saturated rings. The van der Waals surface area contributed by atoms with Gasteiger partial charge in [-0.15, -0.1) is 11.3 Å². The highest BCUT2D eigenvalue weighted by Crippen LogP contribution is 2.27. The summed E-state index contributed by atoms with van der Waals surface area (Å²) >= 11 is 1.75. The first kappa shape index (κ1) is 15.6. The second-order valence-electron chi connectivity index (χ2n) is 5.07. The molecule has 1 heterocycles. The predicted octanol–water partition coefficient (Wildman–Crippen LogP) is 3.13. The van der Waals surface area contributed by atoms with Crippen LogP contribution < -0.4 is 5.73 Å². The molecule has 2 unspecified atom stereocenters. The highest BCUT2D eigenvalue weighted by Gasteiger charge is 2.18. The Morgan fingerprint density at radius 1 is 1.22 bits per heavy atom. The van der Waals surface area contributed by atoms with Gasteiger partial charge in [-0.1, -0.05) is 13.8 Å². The smallest absolute Gasteiger partial charge is 0.106 e. The Kier molecular flexibility index (Phi) is 6.86. The number of hydrogen-bond donors (Lipinski definition) is 1. The highest BCUT2D eigenvalue weighted by atomic mass is 32.1. The summed E-state index contributed by atoms with van der Waals surface area (Å²) in [5.74, 6) is 0.564. The Balaban J connectivity index is 2.35. The van der Waals surface area contributed by atoms with E-state index in [1.807, 2.05) is 6.92 Å². The lowest BCUT2D eigenvalue weighted by Gasteiger charge is -2.20. The number of ether oxygens (including phenoxy) is 2. The fourth-order valence-corrected chi connectivity index (χ4v) is 2.70. The molecule has 0 bridgehead atoms. The van der Waals surface area contributed by atoms with E-state index in [4.69, 9.17) is 15.2 Å². The summed E-state index contributed by atoms with van der Waals surface area (Å²) in [5, 5.41) is 0. The van der Waals surface area contributed by atoms with Gasteiger partial charge in [0.25, 0.3) is 0 Å². The third-order valence-corrected chi connectivity index (χ3v) is 3.56. The molecule has 0 amide bonds. The second-order valence-corrected chi connectivity index (χ2v) is 6.39. The number of hydrogen-bond acceptors (Lipinski definition) is 4. The molecular weight excluding hydrogens is 246 g/mol. The van der Waals surface area contributed by atoms with Gasteiger partial charge in [0.2, 0.25) is 0 Å². The van der Waals surface area contributed by atoms with Crippen molar-refractivity contribution < 1.29 is 9.47 Å². The average Bonchev–Trinajstić information content (AvgIpc) is 2.69. The molecule has 0 aliphatic carbocycles. The average molecular weight is 271 g/mol. The zero-order valence-corrected chi connectivity index (χ0v) is 12.6. The van der Waals surface area contributed by atoms with Crippen LogP contribution in [0.3, 0.4) is 0 Å². The molecule has 1 rings (SSSR count). The topological polar surface area (TPSA) is 44.5 Å². The highest BCUT2D eigenvalue weighted by molar-refractivity contribution is 7.12. The summed E-state index contributed by atoms with van der Waals surface area (Å²) in [6.45, 7) is 10.4. The molecule has 0 radical (unpaired) electrons. The Morgan fingerprint density at radius 3 is 2.44 bits per heavy atom. The van der Waals surface area contributed by atoms with E-state index in [1.165, 1.54) is 9.75 Å². The zero-order valence-electron chi connectivity index (χ0n) is 11.8. The molecule has 3 nitrogen and oxygen atoms in total. The second kappa shape index (κ2) is 7.89. The summed E-state index contributed by atoms with van der Waals surface area (Å²) in [7, 11) is 0. The number of aryl methyl sites for hydroxylation is 1. The van der Waals surface area contributed by atoms with Crippen molar-refractivity contribution in [3.63, 3.8) is 0 Å². The third-order valence-electron chi connectivity index (χ3n) is 2.50. The monoisotopic (exact) mass is 271 g/mol. The van der Waals surface area contributed by atoms with E-state index in [-0.39, 0.29) is 12.1 Å². The molecule has 1 aromatic rings. The molecular formula is C14H25NO2S. The van der Waals surface area contributed by atoms with Gasteiger partial charge in [0, 0.05) is 22.4 Å². The quantitative estimate of drug-likeness (QED) is 0.739. The van der Waals surface area contributed by atoms with E-state index in [2.05, 4.69) is 32.9 Å². The Morgan fingerprint density at radius 2 is 1.94 bits per heavy atom. The van der Waals surface area contributed by atoms with Crippen LogP contribution in [0, 0.1) is 12.8 Å². The molecule has 2 N–H and O–H groups in total. The van der Waals surface area contributed by atoms with Gasteiger partial charge in [-0.05, 0) is 31.9 Å². The van der Waals surface area contributed by atoms with Crippen molar-refractivity contribution in [2.24, 2.45) is 11.7 Å². The maximum absolute atomic E-state index is 5.98. The van der Waals surface area contributed by atoms with Crippen LogP contribution in [-0.4, -0.2) is 25.9 Å². The molecule has 0 saturated heterocycles. The van der Waals surface area contributed by atoms with Crippen LogP contribution in [-0.2, 0) is 9.47 Å². The first-order valence-corrected chi connectivity index (χ1v) is 7.33. The largest absolute Gasteiger partial charge is 0.379 e. The molecule has 2 atom stereocenters. The minimum Gasteiger partial charge on any atom is -0.379 e. The fourth-order valence-electron chi connectivity index (χ4n) is 1.65. The maximum atomic E-state index is 5.98. The van der Waals surface area contributed by atoms with E-state index in [1.54, 1.807) is 11.3 Å². The summed E-state index contributed by atoms with van der Waals surface area (Å²) in [4.78, 5) is 2.49. The van der Waals surface area contributed by atoms with Crippen molar-refractivity contribution in [3.8, 4) is 0 Å². The van der Waals surface area contributed by atoms with Crippen LogP contribution in [0.5, 0.6) is 0 Å². The normalized spacial score (nSPS) is 15.0. The van der Waals surface area contributed by atoms with E-state index in [0.29, 0.717) is 19.1 Å². The van der Waals surface area contributed by atoms with Crippen molar-refractivity contribution >= 4 is 11.3 Å². The van der Waals surface area contributed by atoms with Crippen LogP contribution in [0.4, 0.5) is 0 Å². The SMILES string of the molecule is Cc1ccc(C(OCCOCC(C)C)C(C)N)s1. The minimum absolute atomic E-state index is 0.00634. The van der Waals surface area contributed by atoms with E-state index in [0.717, 1.165) is 6.61 Å². The molecule has 0 aliphatic rings. The zero-order chi connectivity index (χ0) is 13.5. The van der Waals surface area contributed by atoms with Crippen LogP contribution in [0.15, 0.2) is 12.1 Å².